The fraction of sp³-hybridized carbons (Fsp3) is 0. The van der Waals surface area contributed by atoms with Gasteiger partial charge in [0.2, 0.25) is 0 Å². The third-order valence-electron chi connectivity index (χ3n) is 1.96. The molecule has 0 saturated carbocycles. The Morgan fingerprint density at radius 1 is 1.44 bits per heavy atom. The average molecular weight is 285 g/mol. The molecule has 1 aromatic carbocycles. The molecule has 16 heavy (non-hydrogen) atoms. The van der Waals surface area contributed by atoms with Crippen molar-refractivity contribution in [3.63, 3.8) is 0 Å². The molecule has 1 heterocycles. The maximum atomic E-state index is 13.0. The van der Waals surface area contributed by atoms with E-state index in [2.05, 4.69) is 21.0 Å². The number of rotatable bonds is 2. The number of carboxylic acids is 1. The maximum absolute atomic E-state index is 13.0. The van der Waals surface area contributed by atoms with Gasteiger partial charge in [0.25, 0.3) is 0 Å². The number of hydrogen-bond donors (Lipinski definition) is 1. The molecule has 0 saturated heterocycles. The highest BCUT2D eigenvalue weighted by Crippen LogP contribution is 2.21. The topological polar surface area (TPSA) is 55.1 Å². The molecule has 4 nitrogen and oxygen atoms in total. The first-order chi connectivity index (χ1) is 7.58. The zero-order valence-electron chi connectivity index (χ0n) is 7.89. The van der Waals surface area contributed by atoms with Gasteiger partial charge in [-0.25, -0.2) is 13.9 Å². The quantitative estimate of drug-likeness (QED) is 0.922. The van der Waals surface area contributed by atoms with Gasteiger partial charge in [-0.3, -0.25) is 0 Å². The summed E-state index contributed by atoms with van der Waals surface area (Å²) in [5, 5.41) is 12.5. The Morgan fingerprint density at radius 3 is 2.81 bits per heavy atom. The van der Waals surface area contributed by atoms with E-state index in [1.807, 2.05) is 0 Å². The van der Waals surface area contributed by atoms with E-state index in [1.54, 1.807) is 0 Å². The zero-order valence-corrected chi connectivity index (χ0v) is 9.48. The predicted molar refractivity (Wildman–Crippen MR) is 58.2 cm³/mol. The van der Waals surface area contributed by atoms with Crippen LogP contribution >= 0.6 is 15.9 Å². The lowest BCUT2D eigenvalue weighted by atomic mass is 10.3. The van der Waals surface area contributed by atoms with Crippen LogP contribution in [0.15, 0.2) is 34.9 Å². The van der Waals surface area contributed by atoms with Gasteiger partial charge in [0.1, 0.15) is 5.82 Å². The maximum Gasteiger partial charge on any atom is 0.356 e. The van der Waals surface area contributed by atoms with E-state index in [4.69, 9.17) is 5.11 Å². The smallest absolute Gasteiger partial charge is 0.356 e. The molecule has 1 N–H and O–H groups in total. The Labute approximate surface area is 98.4 Å². The third-order valence-corrected chi connectivity index (χ3v) is 2.63. The molecule has 6 heteroatoms. The highest BCUT2D eigenvalue weighted by Gasteiger charge is 2.10. The van der Waals surface area contributed by atoms with Crippen molar-refractivity contribution in [3.8, 4) is 5.69 Å². The van der Waals surface area contributed by atoms with Crippen LogP contribution in [-0.4, -0.2) is 20.9 Å². The molecular weight excluding hydrogens is 279 g/mol. The first kappa shape index (κ1) is 10.8. The third kappa shape index (κ3) is 1.96. The highest BCUT2D eigenvalue weighted by atomic mass is 79.9. The number of aromatic carboxylic acids is 1. The van der Waals surface area contributed by atoms with Crippen LogP contribution in [0.25, 0.3) is 5.69 Å². The van der Waals surface area contributed by atoms with Crippen LogP contribution in [0.2, 0.25) is 0 Å². The van der Waals surface area contributed by atoms with E-state index >= 15 is 0 Å². The summed E-state index contributed by atoms with van der Waals surface area (Å²) in [4.78, 5) is 10.6. The van der Waals surface area contributed by atoms with Gasteiger partial charge in [-0.1, -0.05) is 0 Å². The van der Waals surface area contributed by atoms with Crippen molar-refractivity contribution < 1.29 is 14.3 Å². The molecule has 0 atom stereocenters. The molecule has 0 aliphatic rings. The molecule has 0 unspecified atom stereocenters. The lowest BCUT2D eigenvalue weighted by Gasteiger charge is -2.03. The van der Waals surface area contributed by atoms with E-state index in [0.717, 1.165) is 0 Å². The van der Waals surface area contributed by atoms with Gasteiger partial charge in [-0.05, 0) is 34.1 Å². The second kappa shape index (κ2) is 4.05. The number of nitrogens with zero attached hydrogens (tertiary/aromatic N) is 2. The minimum atomic E-state index is -1.12. The molecule has 82 valence electrons. The minimum absolute atomic E-state index is 0.0869. The van der Waals surface area contributed by atoms with Crippen molar-refractivity contribution >= 4 is 21.9 Å². The van der Waals surface area contributed by atoms with Crippen LogP contribution in [-0.2, 0) is 0 Å². The Bertz CT molecular complexity index is 554. The fourth-order valence-electron chi connectivity index (χ4n) is 1.23. The molecule has 0 spiro atoms. The highest BCUT2D eigenvalue weighted by molar-refractivity contribution is 9.10. The molecule has 0 aliphatic carbocycles. The van der Waals surface area contributed by atoms with Gasteiger partial charge >= 0.3 is 5.97 Å². The van der Waals surface area contributed by atoms with E-state index in [9.17, 15) is 9.18 Å². The summed E-state index contributed by atoms with van der Waals surface area (Å²) in [6, 6.07) is 5.45. The van der Waals surface area contributed by atoms with Gasteiger partial charge in [-0.15, -0.1) is 0 Å². The molecule has 0 radical (unpaired) electrons. The molecule has 0 bridgehead atoms. The van der Waals surface area contributed by atoms with E-state index in [0.29, 0.717) is 10.2 Å². The molecule has 2 rings (SSSR count). The van der Waals surface area contributed by atoms with E-state index in [-0.39, 0.29) is 5.69 Å². The van der Waals surface area contributed by atoms with Crippen LogP contribution < -0.4 is 0 Å². The number of hydrogen-bond acceptors (Lipinski definition) is 2. The van der Waals surface area contributed by atoms with Crippen molar-refractivity contribution in [1.29, 1.82) is 0 Å². The predicted octanol–water partition coefficient (Wildman–Crippen LogP) is 2.47. The number of aromatic nitrogens is 2. The summed E-state index contributed by atoms with van der Waals surface area (Å²) in [6.07, 6.45) is 1.46. The lowest BCUT2D eigenvalue weighted by molar-refractivity contribution is 0.0690. The van der Waals surface area contributed by atoms with Gasteiger partial charge in [0.05, 0.1) is 5.69 Å². The SMILES string of the molecule is O=C(O)c1ccn(-c2cc(F)ccc2Br)n1. The Kier molecular flexibility index (Phi) is 2.74. The van der Waals surface area contributed by atoms with Gasteiger partial charge < -0.3 is 5.11 Å². The summed E-state index contributed by atoms with van der Waals surface area (Å²) in [7, 11) is 0. The summed E-state index contributed by atoms with van der Waals surface area (Å²) < 4.78 is 15.0. The average Bonchev–Trinajstić information content (AvgIpc) is 2.70. The standard InChI is InChI=1S/C10H6BrFN2O2/c11-7-2-1-6(12)5-9(7)14-4-3-8(13-14)10(15)16/h1-5H,(H,15,16). The molecular formula is C10H6BrFN2O2. The first-order valence-electron chi connectivity index (χ1n) is 4.32. The zero-order chi connectivity index (χ0) is 11.7. The minimum Gasteiger partial charge on any atom is -0.476 e. The summed E-state index contributed by atoms with van der Waals surface area (Å²) in [5.74, 6) is -1.53. The first-order valence-corrected chi connectivity index (χ1v) is 5.11. The monoisotopic (exact) mass is 284 g/mol. The van der Waals surface area contributed by atoms with Crippen LogP contribution in [0.3, 0.4) is 0 Å². The normalized spacial score (nSPS) is 10.4. The fourth-order valence-corrected chi connectivity index (χ4v) is 1.66. The second-order valence-electron chi connectivity index (χ2n) is 3.05. The molecule has 0 amide bonds. The number of benzene rings is 1. The van der Waals surface area contributed by atoms with Crippen molar-refractivity contribution in [3.05, 3.63) is 46.4 Å². The van der Waals surface area contributed by atoms with Crippen molar-refractivity contribution in [2.45, 2.75) is 0 Å². The van der Waals surface area contributed by atoms with E-state index in [1.165, 1.54) is 35.1 Å². The molecule has 2 aromatic rings. The molecule has 0 fully saturated rings. The van der Waals surface area contributed by atoms with Crippen molar-refractivity contribution in [2.24, 2.45) is 0 Å². The lowest BCUT2D eigenvalue weighted by Crippen LogP contribution is -2.01. The molecule has 1 aromatic heterocycles. The van der Waals surface area contributed by atoms with E-state index < -0.39 is 11.8 Å². The van der Waals surface area contributed by atoms with Gasteiger partial charge in [0.15, 0.2) is 5.69 Å². The molecule has 0 aliphatic heterocycles. The van der Waals surface area contributed by atoms with Crippen molar-refractivity contribution in [2.75, 3.05) is 0 Å². The number of halogens is 2. The Balaban J connectivity index is 2.50. The Morgan fingerprint density at radius 2 is 2.19 bits per heavy atom. The number of carbonyl (C=O) groups is 1. The van der Waals surface area contributed by atoms with Crippen LogP contribution in [0, 0.1) is 5.82 Å². The van der Waals surface area contributed by atoms with Crippen LogP contribution in [0.4, 0.5) is 4.39 Å². The Hall–Kier alpha value is -1.69. The van der Waals surface area contributed by atoms with Crippen LogP contribution in [0.5, 0.6) is 0 Å². The summed E-state index contributed by atoms with van der Waals surface area (Å²) in [5.41, 5.74) is 0.365. The van der Waals surface area contributed by atoms with Gasteiger partial charge in [0, 0.05) is 16.7 Å². The van der Waals surface area contributed by atoms with Crippen molar-refractivity contribution in [1.82, 2.24) is 9.78 Å². The largest absolute Gasteiger partial charge is 0.476 e. The summed E-state index contributed by atoms with van der Waals surface area (Å²) in [6.45, 7) is 0. The second-order valence-corrected chi connectivity index (χ2v) is 3.90. The number of carboxylic acid groups (broad SMARTS) is 1. The summed E-state index contributed by atoms with van der Waals surface area (Å²) >= 11 is 3.24. The van der Waals surface area contributed by atoms with Crippen LogP contribution in [0.1, 0.15) is 10.5 Å². The van der Waals surface area contributed by atoms with Gasteiger partial charge in [-0.2, -0.15) is 5.10 Å².